The topological polar surface area (TPSA) is 49.9 Å². The Morgan fingerprint density at radius 3 is 2.58 bits per heavy atom. The van der Waals surface area contributed by atoms with Crippen molar-refractivity contribution in [3.8, 4) is 0 Å². The highest BCUT2D eigenvalue weighted by atomic mass is 35.5. The maximum Gasteiger partial charge on any atom is 0.238 e. The summed E-state index contributed by atoms with van der Waals surface area (Å²) in [5.74, 6) is 0. The highest BCUT2D eigenvalue weighted by Crippen LogP contribution is 2.31. The third kappa shape index (κ3) is 2.91. The summed E-state index contributed by atoms with van der Waals surface area (Å²) in [6.45, 7) is 3.95. The number of alkyl halides is 1. The maximum atomic E-state index is 11.2. The predicted molar refractivity (Wildman–Crippen MR) is 76.6 cm³/mol. The Hall–Kier alpha value is -1.52. The number of hydrogen-bond acceptors (Lipinski definition) is 2. The third-order valence-corrected chi connectivity index (χ3v) is 4.15. The molecule has 3 nitrogen and oxygen atoms in total. The van der Waals surface area contributed by atoms with Crippen LogP contribution in [-0.2, 0) is 10.3 Å². The molecule has 0 aliphatic heterocycles. The molecule has 1 aromatic heterocycles. The summed E-state index contributed by atoms with van der Waals surface area (Å²) in [5.41, 5.74) is 3.62. The fourth-order valence-corrected chi connectivity index (χ4v) is 3.00. The van der Waals surface area contributed by atoms with E-state index in [9.17, 15) is 8.42 Å². The molecule has 5 heteroatoms. The van der Waals surface area contributed by atoms with Crippen molar-refractivity contribution in [3.63, 3.8) is 0 Å². The van der Waals surface area contributed by atoms with Gasteiger partial charge in [-0.3, -0.25) is 0 Å². The van der Waals surface area contributed by atoms with Gasteiger partial charge in [0.05, 0.1) is 5.38 Å². The normalized spacial score (nSPS) is 12.2. The van der Waals surface area contributed by atoms with Crippen LogP contribution in [0, 0.1) is 18.5 Å². The predicted octanol–water partition coefficient (Wildman–Crippen LogP) is 3.37. The highest BCUT2D eigenvalue weighted by molar-refractivity contribution is 7.63. The molecule has 0 bridgehead atoms. The van der Waals surface area contributed by atoms with Gasteiger partial charge in [0.25, 0.3) is 0 Å². The van der Waals surface area contributed by atoms with E-state index in [-0.39, 0.29) is 4.64 Å². The molecule has 0 fully saturated rings. The van der Waals surface area contributed by atoms with Crippen LogP contribution in [0.2, 0.25) is 0 Å². The van der Waals surface area contributed by atoms with Gasteiger partial charge >= 0.3 is 0 Å². The molecular formula is C14H14ClNO2S. The molecule has 0 amide bonds. The zero-order valence-electron chi connectivity index (χ0n) is 10.6. The van der Waals surface area contributed by atoms with Crippen LogP contribution in [0.25, 0.3) is 0 Å². The molecule has 1 aromatic carbocycles. The van der Waals surface area contributed by atoms with E-state index in [4.69, 9.17) is 11.6 Å². The smallest absolute Gasteiger partial charge is 0.238 e. The second-order valence-corrected chi connectivity index (χ2v) is 5.73. The molecule has 2 aromatic rings. The Bertz CT molecular complexity index is 770. The Morgan fingerprint density at radius 2 is 1.89 bits per heavy atom. The number of rotatable bonds is 2. The molecular weight excluding hydrogens is 282 g/mol. The second-order valence-electron chi connectivity index (χ2n) is 4.41. The summed E-state index contributed by atoms with van der Waals surface area (Å²) in [7, 11) is -2.34. The summed E-state index contributed by atoms with van der Waals surface area (Å²) in [5, 5.41) is -0.495. The van der Waals surface area contributed by atoms with E-state index >= 15 is 0 Å². The lowest BCUT2D eigenvalue weighted by atomic mass is 9.99. The summed E-state index contributed by atoms with van der Waals surface area (Å²) >= 11 is 6.46. The van der Waals surface area contributed by atoms with E-state index in [2.05, 4.69) is 4.98 Å². The van der Waals surface area contributed by atoms with E-state index in [0.717, 1.165) is 16.7 Å². The Kier molecular flexibility index (Phi) is 4.12. The lowest BCUT2D eigenvalue weighted by molar-refractivity contribution is 0.624. The van der Waals surface area contributed by atoms with Crippen LogP contribution >= 0.6 is 11.6 Å². The Morgan fingerprint density at radius 1 is 1.16 bits per heavy atom. The molecule has 0 saturated heterocycles. The molecule has 0 radical (unpaired) electrons. The van der Waals surface area contributed by atoms with Crippen LogP contribution in [0.1, 0.15) is 27.6 Å². The first-order chi connectivity index (χ1) is 9.00. The van der Waals surface area contributed by atoms with Crippen LogP contribution < -0.4 is 0 Å². The minimum Gasteiger partial charge on any atom is -0.349 e. The quantitative estimate of drug-likeness (QED) is 0.682. The van der Waals surface area contributed by atoms with Crippen molar-refractivity contribution < 1.29 is 8.42 Å². The van der Waals surface area contributed by atoms with Crippen LogP contribution in [0.4, 0.5) is 0 Å². The lowest BCUT2D eigenvalue weighted by Crippen LogP contribution is -1.99. The molecule has 100 valence electrons. The highest BCUT2D eigenvalue weighted by Gasteiger charge is 2.15. The number of hydrogen-bond donors (Lipinski definition) is 1. The van der Waals surface area contributed by atoms with Crippen LogP contribution in [0.3, 0.4) is 0 Å². The minimum absolute atomic E-state index is 0.128. The fourth-order valence-electron chi connectivity index (χ4n) is 1.98. The van der Waals surface area contributed by atoms with Crippen molar-refractivity contribution in [2.75, 3.05) is 0 Å². The monoisotopic (exact) mass is 295 g/mol. The first-order valence-electron chi connectivity index (χ1n) is 5.82. The van der Waals surface area contributed by atoms with Crippen LogP contribution in [0.5, 0.6) is 0 Å². The summed E-state index contributed by atoms with van der Waals surface area (Å²) < 4.78 is 22.6. The van der Waals surface area contributed by atoms with E-state index in [1.807, 2.05) is 32.0 Å². The Labute approximate surface area is 118 Å². The second kappa shape index (κ2) is 5.63. The standard InChI is InChI=1S/C14H14ClNO2S/c1-9-5-6-10(2)12(8-9)13(15)11-4-3-7-16-14(11)19(17)18/h3-8,13,16H,1-2H3. The van der Waals surface area contributed by atoms with E-state index in [1.165, 1.54) is 0 Å². The molecule has 1 atom stereocenters. The summed E-state index contributed by atoms with van der Waals surface area (Å²) in [4.78, 5) is 2.72. The van der Waals surface area contributed by atoms with Gasteiger partial charge in [0, 0.05) is 11.8 Å². The molecule has 2 rings (SSSR count). The summed E-state index contributed by atoms with van der Waals surface area (Å²) in [6.07, 6.45) is 1.57. The van der Waals surface area contributed by atoms with Gasteiger partial charge in [-0.15, -0.1) is 11.6 Å². The molecule has 1 N–H and O–H groups in total. The number of pyridine rings is 1. The molecule has 0 aliphatic carbocycles. The molecule has 0 spiro atoms. The molecule has 1 heterocycles. The number of aromatic nitrogens is 1. The number of halogens is 1. The van der Waals surface area contributed by atoms with E-state index in [0.29, 0.717) is 5.56 Å². The first kappa shape index (κ1) is 13.9. The van der Waals surface area contributed by atoms with Crippen molar-refractivity contribution in [1.29, 1.82) is 0 Å². The molecule has 0 saturated carbocycles. The minimum atomic E-state index is -2.34. The number of aromatic amines is 1. The largest absolute Gasteiger partial charge is 0.349 e. The Balaban J connectivity index is 2.67. The number of benzene rings is 1. The van der Waals surface area contributed by atoms with Gasteiger partial charge in [0.15, 0.2) is 4.64 Å². The van der Waals surface area contributed by atoms with Gasteiger partial charge in [-0.1, -0.05) is 29.8 Å². The third-order valence-electron chi connectivity index (χ3n) is 3.00. The van der Waals surface area contributed by atoms with Gasteiger partial charge in [0.1, 0.15) is 0 Å². The fraction of sp³-hybridized carbons (Fsp3) is 0.214. The zero-order chi connectivity index (χ0) is 14.0. The molecule has 19 heavy (non-hydrogen) atoms. The van der Waals surface area contributed by atoms with Gasteiger partial charge < -0.3 is 4.98 Å². The maximum absolute atomic E-state index is 11.2. The number of H-pyrrole nitrogens is 1. The van der Waals surface area contributed by atoms with Crippen LogP contribution in [-0.4, -0.2) is 13.4 Å². The molecule has 0 aliphatic rings. The van der Waals surface area contributed by atoms with Crippen LogP contribution in [0.15, 0.2) is 36.5 Å². The molecule has 1 unspecified atom stereocenters. The van der Waals surface area contributed by atoms with E-state index in [1.54, 1.807) is 18.3 Å². The van der Waals surface area contributed by atoms with Gasteiger partial charge in [-0.2, -0.15) is 8.42 Å². The van der Waals surface area contributed by atoms with Gasteiger partial charge in [-0.05, 0) is 31.0 Å². The van der Waals surface area contributed by atoms with Gasteiger partial charge in [0.2, 0.25) is 10.3 Å². The van der Waals surface area contributed by atoms with Crippen molar-refractivity contribution in [2.45, 2.75) is 19.2 Å². The van der Waals surface area contributed by atoms with Gasteiger partial charge in [-0.25, -0.2) is 0 Å². The van der Waals surface area contributed by atoms with Crippen molar-refractivity contribution in [1.82, 2.24) is 4.98 Å². The van der Waals surface area contributed by atoms with Crippen molar-refractivity contribution in [2.24, 2.45) is 0 Å². The van der Waals surface area contributed by atoms with E-state index < -0.39 is 15.7 Å². The SMILES string of the molecule is Cc1ccc(C)c(C(Cl)c2ccc[nH]c2=S(=O)=O)c1. The van der Waals surface area contributed by atoms with Crippen molar-refractivity contribution >= 4 is 21.9 Å². The summed E-state index contributed by atoms with van der Waals surface area (Å²) in [6, 6.07) is 9.44. The number of aryl methyl sites for hydroxylation is 2. The van der Waals surface area contributed by atoms with Crippen molar-refractivity contribution in [3.05, 3.63) is 63.4 Å². The number of nitrogens with one attached hydrogen (secondary N) is 1. The zero-order valence-corrected chi connectivity index (χ0v) is 12.2. The average Bonchev–Trinajstić information content (AvgIpc) is 2.40. The average molecular weight is 296 g/mol. The lowest BCUT2D eigenvalue weighted by Gasteiger charge is -2.13. The first-order valence-corrected chi connectivity index (χ1v) is 7.33.